The maximum absolute atomic E-state index is 10.8. The van der Waals surface area contributed by atoms with Crippen LogP contribution in [0, 0.1) is 11.8 Å². The van der Waals surface area contributed by atoms with Crippen LogP contribution in [0.25, 0.3) is 0 Å². The first-order valence-electron chi connectivity index (χ1n) is 3.74. The van der Waals surface area contributed by atoms with Crippen LogP contribution in [0.1, 0.15) is 13.8 Å². The SMILES string of the molecule is CC(C)C(CN)CS(C)(=O)=O. The van der Waals surface area contributed by atoms with Crippen LogP contribution in [0.3, 0.4) is 0 Å². The summed E-state index contributed by atoms with van der Waals surface area (Å²) in [6, 6.07) is 0. The molecule has 0 aromatic carbocycles. The van der Waals surface area contributed by atoms with Crippen LogP contribution < -0.4 is 5.73 Å². The second-order valence-electron chi connectivity index (χ2n) is 3.33. The molecule has 0 saturated heterocycles. The Hall–Kier alpha value is -0.0900. The molecule has 0 amide bonds. The zero-order valence-corrected chi connectivity index (χ0v) is 8.19. The molecule has 0 radical (unpaired) electrons. The third kappa shape index (κ3) is 5.21. The van der Waals surface area contributed by atoms with Gasteiger partial charge in [0.15, 0.2) is 0 Å². The predicted octanol–water partition coefficient (Wildman–Crippen LogP) is 0.262. The Morgan fingerprint density at radius 3 is 1.91 bits per heavy atom. The topological polar surface area (TPSA) is 60.2 Å². The normalized spacial score (nSPS) is 15.4. The Labute approximate surface area is 68.9 Å². The van der Waals surface area contributed by atoms with Gasteiger partial charge >= 0.3 is 0 Å². The molecule has 3 nitrogen and oxygen atoms in total. The molecule has 0 aromatic rings. The smallest absolute Gasteiger partial charge is 0.147 e. The van der Waals surface area contributed by atoms with E-state index in [-0.39, 0.29) is 11.7 Å². The summed E-state index contributed by atoms with van der Waals surface area (Å²) in [5.74, 6) is 0.654. The lowest BCUT2D eigenvalue weighted by Crippen LogP contribution is -2.27. The predicted molar refractivity (Wildman–Crippen MR) is 47.1 cm³/mol. The van der Waals surface area contributed by atoms with E-state index in [1.165, 1.54) is 6.26 Å². The van der Waals surface area contributed by atoms with E-state index in [0.29, 0.717) is 12.5 Å². The number of rotatable bonds is 4. The van der Waals surface area contributed by atoms with Crippen LogP contribution in [-0.2, 0) is 9.84 Å². The molecule has 0 aromatic heterocycles. The fourth-order valence-corrected chi connectivity index (χ4v) is 2.22. The molecule has 2 N–H and O–H groups in total. The van der Waals surface area contributed by atoms with Crippen molar-refractivity contribution in [1.29, 1.82) is 0 Å². The molecule has 11 heavy (non-hydrogen) atoms. The average Bonchev–Trinajstić information content (AvgIpc) is 1.80. The van der Waals surface area contributed by atoms with Gasteiger partial charge in [0.05, 0.1) is 5.75 Å². The van der Waals surface area contributed by atoms with Crippen molar-refractivity contribution in [2.24, 2.45) is 17.6 Å². The van der Waals surface area contributed by atoms with E-state index < -0.39 is 9.84 Å². The Morgan fingerprint density at radius 2 is 1.82 bits per heavy atom. The number of sulfone groups is 1. The highest BCUT2D eigenvalue weighted by Crippen LogP contribution is 2.10. The maximum Gasteiger partial charge on any atom is 0.147 e. The van der Waals surface area contributed by atoms with Crippen molar-refractivity contribution >= 4 is 9.84 Å². The summed E-state index contributed by atoms with van der Waals surface area (Å²) in [5, 5.41) is 0. The Morgan fingerprint density at radius 1 is 1.36 bits per heavy atom. The molecule has 1 unspecified atom stereocenters. The highest BCUT2D eigenvalue weighted by atomic mass is 32.2. The minimum Gasteiger partial charge on any atom is -0.330 e. The van der Waals surface area contributed by atoms with E-state index in [2.05, 4.69) is 0 Å². The van der Waals surface area contributed by atoms with Gasteiger partial charge in [-0.2, -0.15) is 0 Å². The van der Waals surface area contributed by atoms with Crippen LogP contribution in [0.2, 0.25) is 0 Å². The van der Waals surface area contributed by atoms with E-state index in [4.69, 9.17) is 5.73 Å². The highest BCUT2D eigenvalue weighted by Gasteiger charge is 2.16. The zero-order valence-electron chi connectivity index (χ0n) is 7.37. The third-order valence-electron chi connectivity index (χ3n) is 1.76. The molecule has 0 saturated carbocycles. The number of nitrogens with two attached hydrogens (primary N) is 1. The van der Waals surface area contributed by atoms with Crippen LogP contribution in [0.15, 0.2) is 0 Å². The third-order valence-corrected chi connectivity index (χ3v) is 2.80. The standard InChI is InChI=1S/C7H17NO2S/c1-6(2)7(4-8)5-11(3,9)10/h6-7H,4-5,8H2,1-3H3. The Kier molecular flexibility index (Phi) is 4.03. The summed E-state index contributed by atoms with van der Waals surface area (Å²) in [5.41, 5.74) is 5.42. The van der Waals surface area contributed by atoms with Gasteiger partial charge in [0, 0.05) is 6.26 Å². The molecule has 0 aliphatic carbocycles. The van der Waals surface area contributed by atoms with Crippen molar-refractivity contribution in [2.75, 3.05) is 18.6 Å². The molecule has 0 heterocycles. The second-order valence-corrected chi connectivity index (χ2v) is 5.52. The molecular formula is C7H17NO2S. The van der Waals surface area contributed by atoms with Gasteiger partial charge in [0.25, 0.3) is 0 Å². The molecule has 0 fully saturated rings. The van der Waals surface area contributed by atoms with E-state index in [1.54, 1.807) is 0 Å². The van der Waals surface area contributed by atoms with Crippen LogP contribution in [-0.4, -0.2) is 27.0 Å². The molecule has 0 aliphatic rings. The first-order chi connectivity index (χ1) is 4.87. The molecule has 0 rings (SSSR count). The molecule has 0 bridgehead atoms. The number of hydrogen-bond acceptors (Lipinski definition) is 3. The van der Waals surface area contributed by atoms with Crippen molar-refractivity contribution < 1.29 is 8.42 Å². The van der Waals surface area contributed by atoms with Gasteiger partial charge < -0.3 is 5.73 Å². The van der Waals surface area contributed by atoms with Gasteiger partial charge in [0.1, 0.15) is 9.84 Å². The van der Waals surface area contributed by atoms with Gasteiger partial charge in [-0.05, 0) is 18.4 Å². The Balaban J connectivity index is 4.10. The summed E-state index contributed by atoms with van der Waals surface area (Å²) in [6.07, 6.45) is 1.25. The largest absolute Gasteiger partial charge is 0.330 e. The molecule has 68 valence electrons. The lowest BCUT2D eigenvalue weighted by atomic mass is 9.98. The van der Waals surface area contributed by atoms with Gasteiger partial charge in [0.2, 0.25) is 0 Å². The molecule has 4 heteroatoms. The quantitative estimate of drug-likeness (QED) is 0.673. The first kappa shape index (κ1) is 10.9. The van der Waals surface area contributed by atoms with Gasteiger partial charge in [-0.15, -0.1) is 0 Å². The fraction of sp³-hybridized carbons (Fsp3) is 1.00. The van der Waals surface area contributed by atoms with Crippen molar-refractivity contribution in [1.82, 2.24) is 0 Å². The van der Waals surface area contributed by atoms with Crippen LogP contribution in [0.4, 0.5) is 0 Å². The zero-order chi connectivity index (χ0) is 9.07. The van der Waals surface area contributed by atoms with Crippen LogP contribution >= 0.6 is 0 Å². The van der Waals surface area contributed by atoms with E-state index in [9.17, 15) is 8.42 Å². The fourth-order valence-electron chi connectivity index (χ4n) is 0.922. The molecule has 0 spiro atoms. The summed E-state index contributed by atoms with van der Waals surface area (Å²) in [7, 11) is -2.86. The summed E-state index contributed by atoms with van der Waals surface area (Å²) < 4.78 is 21.7. The van der Waals surface area contributed by atoms with E-state index in [0.717, 1.165) is 0 Å². The monoisotopic (exact) mass is 179 g/mol. The van der Waals surface area contributed by atoms with E-state index >= 15 is 0 Å². The maximum atomic E-state index is 10.8. The van der Waals surface area contributed by atoms with Gasteiger partial charge in [-0.3, -0.25) is 0 Å². The molecule has 1 atom stereocenters. The Bertz CT molecular complexity index is 196. The van der Waals surface area contributed by atoms with Crippen molar-refractivity contribution in [2.45, 2.75) is 13.8 Å². The summed E-state index contributed by atoms with van der Waals surface area (Å²) in [4.78, 5) is 0. The second kappa shape index (κ2) is 4.07. The van der Waals surface area contributed by atoms with Gasteiger partial charge in [-0.25, -0.2) is 8.42 Å². The van der Waals surface area contributed by atoms with E-state index in [1.807, 2.05) is 13.8 Å². The highest BCUT2D eigenvalue weighted by molar-refractivity contribution is 7.90. The average molecular weight is 179 g/mol. The minimum atomic E-state index is -2.86. The van der Waals surface area contributed by atoms with Crippen molar-refractivity contribution in [3.05, 3.63) is 0 Å². The summed E-state index contributed by atoms with van der Waals surface area (Å²) in [6.45, 7) is 4.43. The van der Waals surface area contributed by atoms with Crippen molar-refractivity contribution in [3.63, 3.8) is 0 Å². The first-order valence-corrected chi connectivity index (χ1v) is 5.80. The van der Waals surface area contributed by atoms with Gasteiger partial charge in [-0.1, -0.05) is 13.8 Å². The molecule has 0 aliphatic heterocycles. The van der Waals surface area contributed by atoms with Crippen LogP contribution in [0.5, 0.6) is 0 Å². The minimum absolute atomic E-state index is 0.102. The molecular weight excluding hydrogens is 162 g/mol. The number of hydrogen-bond donors (Lipinski definition) is 1. The van der Waals surface area contributed by atoms with Crippen molar-refractivity contribution in [3.8, 4) is 0 Å². The summed E-state index contributed by atoms with van der Waals surface area (Å²) >= 11 is 0. The lowest BCUT2D eigenvalue weighted by molar-refractivity contribution is 0.427. The lowest BCUT2D eigenvalue weighted by Gasteiger charge is -2.16.